The van der Waals surface area contributed by atoms with E-state index in [1.807, 2.05) is 0 Å². The Morgan fingerprint density at radius 1 is 1.07 bits per heavy atom. The topological polar surface area (TPSA) is 127 Å². The highest BCUT2D eigenvalue weighted by atomic mass is 32.2. The molecule has 4 aliphatic carbocycles. The minimum atomic E-state index is -5.99. The third-order valence-electron chi connectivity index (χ3n) is 6.06. The summed E-state index contributed by atoms with van der Waals surface area (Å²) in [5, 5.41) is 4.65. The van der Waals surface area contributed by atoms with E-state index in [2.05, 4.69) is 4.74 Å². The molecule has 4 bridgehead atoms. The molecule has 0 aromatic carbocycles. The molecule has 8 nitrogen and oxygen atoms in total. The first-order valence-electron chi connectivity index (χ1n) is 8.69. The molecule has 4 rings (SSSR count). The number of carbonyl (C=O) groups excluding carboxylic acids is 2. The molecule has 0 amide bonds. The first kappa shape index (κ1) is 20.4. The van der Waals surface area contributed by atoms with Gasteiger partial charge in [-0.2, -0.15) is 17.2 Å². The van der Waals surface area contributed by atoms with Crippen molar-refractivity contribution in [1.29, 1.82) is 0 Å². The standard InChI is InChI=1S/C16H22F2O8S/c17-16(18,27(22,23)24)13(21)25-6-12(20)26-9-15-4-10-1-11(5-15)3-14(2-10,7-15)8-19/h10-11,19H,1-9H2,(H,22,23,24). The molecule has 2 atom stereocenters. The van der Waals surface area contributed by atoms with Gasteiger partial charge in [0, 0.05) is 12.0 Å². The molecule has 2 N–H and O–H groups in total. The Labute approximate surface area is 154 Å². The Balaban J connectivity index is 1.53. The van der Waals surface area contributed by atoms with E-state index in [9.17, 15) is 31.9 Å². The molecule has 4 fully saturated rings. The van der Waals surface area contributed by atoms with Crippen LogP contribution in [0.2, 0.25) is 0 Å². The lowest BCUT2D eigenvalue weighted by Crippen LogP contribution is -2.55. The summed E-state index contributed by atoms with van der Waals surface area (Å²) in [7, 11) is -5.99. The molecule has 2 unspecified atom stereocenters. The van der Waals surface area contributed by atoms with E-state index in [1.54, 1.807) is 0 Å². The maximum atomic E-state index is 13.1. The van der Waals surface area contributed by atoms with E-state index >= 15 is 0 Å². The minimum absolute atomic E-state index is 0.0345. The highest BCUT2D eigenvalue weighted by molar-refractivity contribution is 7.87. The number of aliphatic hydroxyl groups is 1. The molecule has 0 radical (unpaired) electrons. The number of ether oxygens (including phenoxy) is 2. The van der Waals surface area contributed by atoms with Gasteiger partial charge in [0.25, 0.3) is 0 Å². The maximum Gasteiger partial charge on any atom is 0.465 e. The summed E-state index contributed by atoms with van der Waals surface area (Å²) in [6.45, 7) is -1.07. The highest BCUT2D eigenvalue weighted by Crippen LogP contribution is 2.65. The summed E-state index contributed by atoms with van der Waals surface area (Å²) in [5.74, 6) is -2.70. The Kier molecular flexibility index (Phi) is 5.01. The van der Waals surface area contributed by atoms with Crippen LogP contribution in [0.5, 0.6) is 0 Å². The summed E-state index contributed by atoms with van der Waals surface area (Å²) in [4.78, 5) is 22.8. The molecule has 154 valence electrons. The average Bonchev–Trinajstić information content (AvgIpc) is 2.55. The number of hydrogen-bond donors (Lipinski definition) is 2. The number of carbonyl (C=O) groups is 2. The normalized spacial score (nSPS) is 35.1. The van der Waals surface area contributed by atoms with Crippen LogP contribution >= 0.6 is 0 Å². The molecule has 11 heteroatoms. The van der Waals surface area contributed by atoms with Crippen LogP contribution in [-0.2, 0) is 29.2 Å². The fraction of sp³-hybridized carbons (Fsp3) is 0.875. The van der Waals surface area contributed by atoms with Crippen molar-refractivity contribution >= 4 is 22.1 Å². The Morgan fingerprint density at radius 2 is 1.63 bits per heavy atom. The lowest BCUT2D eigenvalue weighted by Gasteiger charge is -2.61. The number of halogens is 2. The van der Waals surface area contributed by atoms with Crippen molar-refractivity contribution in [3.63, 3.8) is 0 Å². The maximum absolute atomic E-state index is 13.1. The van der Waals surface area contributed by atoms with E-state index in [0.717, 1.165) is 38.5 Å². The predicted molar refractivity (Wildman–Crippen MR) is 85.0 cm³/mol. The van der Waals surface area contributed by atoms with Crippen LogP contribution in [0.1, 0.15) is 38.5 Å². The lowest BCUT2D eigenvalue weighted by molar-refractivity contribution is -0.179. The predicted octanol–water partition coefficient (Wildman–Crippen LogP) is 1.13. The first-order chi connectivity index (χ1) is 12.4. The summed E-state index contributed by atoms with van der Waals surface area (Å²) in [6, 6.07) is 0. The number of rotatable bonds is 7. The van der Waals surface area contributed by atoms with E-state index < -0.39 is 33.9 Å². The van der Waals surface area contributed by atoms with E-state index in [0.29, 0.717) is 11.8 Å². The van der Waals surface area contributed by atoms with Gasteiger partial charge in [-0.05, 0) is 55.8 Å². The van der Waals surface area contributed by atoms with Gasteiger partial charge in [-0.3, -0.25) is 4.55 Å². The van der Waals surface area contributed by atoms with Crippen molar-refractivity contribution in [3.05, 3.63) is 0 Å². The van der Waals surface area contributed by atoms with Gasteiger partial charge in [0.1, 0.15) is 0 Å². The van der Waals surface area contributed by atoms with Crippen LogP contribution in [0.3, 0.4) is 0 Å². The molecule has 4 saturated carbocycles. The largest absolute Gasteiger partial charge is 0.465 e. The number of alkyl halides is 2. The molecule has 0 heterocycles. The van der Waals surface area contributed by atoms with E-state index in [-0.39, 0.29) is 24.0 Å². The van der Waals surface area contributed by atoms with E-state index in [1.165, 1.54) is 0 Å². The van der Waals surface area contributed by atoms with Crippen molar-refractivity contribution in [1.82, 2.24) is 0 Å². The van der Waals surface area contributed by atoms with Crippen LogP contribution in [0.25, 0.3) is 0 Å². The second-order valence-corrected chi connectivity index (χ2v) is 9.81. The number of aliphatic hydroxyl groups excluding tert-OH is 1. The zero-order chi connectivity index (χ0) is 20.1. The minimum Gasteiger partial charge on any atom is -0.463 e. The van der Waals surface area contributed by atoms with Gasteiger partial charge < -0.3 is 14.6 Å². The molecule has 4 aliphatic rings. The third-order valence-corrected chi connectivity index (χ3v) is 6.88. The molecule has 0 aromatic heterocycles. The van der Waals surface area contributed by atoms with Crippen molar-refractivity contribution in [2.75, 3.05) is 19.8 Å². The van der Waals surface area contributed by atoms with Gasteiger partial charge >= 0.3 is 27.3 Å². The molecule has 0 saturated heterocycles. The van der Waals surface area contributed by atoms with E-state index in [4.69, 9.17) is 9.29 Å². The van der Waals surface area contributed by atoms with Crippen LogP contribution in [0, 0.1) is 22.7 Å². The second kappa shape index (κ2) is 6.63. The zero-order valence-electron chi connectivity index (χ0n) is 14.5. The van der Waals surface area contributed by atoms with Gasteiger partial charge in [0.2, 0.25) is 0 Å². The highest BCUT2D eigenvalue weighted by Gasteiger charge is 2.58. The first-order valence-corrected chi connectivity index (χ1v) is 10.1. The van der Waals surface area contributed by atoms with Crippen molar-refractivity contribution in [2.45, 2.75) is 43.8 Å². The molecule has 0 aromatic rings. The van der Waals surface area contributed by atoms with Gasteiger partial charge in [0.05, 0.1) is 6.61 Å². The number of esters is 2. The second-order valence-electron chi connectivity index (χ2n) is 8.35. The van der Waals surface area contributed by atoms with Crippen molar-refractivity contribution < 1.29 is 45.9 Å². The molecule has 27 heavy (non-hydrogen) atoms. The van der Waals surface area contributed by atoms with Crippen LogP contribution in [0.15, 0.2) is 0 Å². The fourth-order valence-corrected chi connectivity index (χ4v) is 5.86. The monoisotopic (exact) mass is 412 g/mol. The Bertz CT molecular complexity index is 721. The fourth-order valence-electron chi connectivity index (χ4n) is 5.59. The van der Waals surface area contributed by atoms with Gasteiger partial charge in [-0.25, -0.2) is 9.59 Å². The quantitative estimate of drug-likeness (QED) is 0.471. The van der Waals surface area contributed by atoms with Crippen LogP contribution in [-0.4, -0.2) is 55.1 Å². The van der Waals surface area contributed by atoms with Crippen LogP contribution in [0.4, 0.5) is 8.78 Å². The van der Waals surface area contributed by atoms with Crippen LogP contribution < -0.4 is 0 Å². The lowest BCUT2D eigenvalue weighted by atomic mass is 9.44. The summed E-state index contributed by atoms with van der Waals surface area (Å²) in [6.07, 6.45) is 5.45. The van der Waals surface area contributed by atoms with Gasteiger partial charge in [-0.15, -0.1) is 0 Å². The summed E-state index contributed by atoms with van der Waals surface area (Å²) >= 11 is 0. The summed E-state index contributed by atoms with van der Waals surface area (Å²) in [5.41, 5.74) is -0.425. The average molecular weight is 412 g/mol. The molecule has 0 aliphatic heterocycles. The molecule has 0 spiro atoms. The van der Waals surface area contributed by atoms with Gasteiger partial charge in [0.15, 0.2) is 6.61 Å². The zero-order valence-corrected chi connectivity index (χ0v) is 15.3. The SMILES string of the molecule is O=C(COC(=O)C(F)(F)S(=O)(=O)O)OCC12CC3CC(CC(CO)(C3)C1)C2. The summed E-state index contributed by atoms with van der Waals surface area (Å²) < 4.78 is 64.4. The van der Waals surface area contributed by atoms with Crippen molar-refractivity contribution in [2.24, 2.45) is 22.7 Å². The smallest absolute Gasteiger partial charge is 0.463 e. The van der Waals surface area contributed by atoms with Gasteiger partial charge in [-0.1, -0.05) is 0 Å². The number of hydrogen-bond acceptors (Lipinski definition) is 7. The third kappa shape index (κ3) is 3.81. The van der Waals surface area contributed by atoms with Crippen molar-refractivity contribution in [3.8, 4) is 0 Å². The molecular weight excluding hydrogens is 390 g/mol. The molecular formula is C16H22F2O8S. The Hall–Kier alpha value is -1.33. The Morgan fingerprint density at radius 3 is 2.15 bits per heavy atom.